The van der Waals surface area contributed by atoms with Gasteiger partial charge in [-0.2, -0.15) is 0 Å². The van der Waals surface area contributed by atoms with E-state index in [2.05, 4.69) is 14.9 Å². The smallest absolute Gasteiger partial charge is 0.128 e. The summed E-state index contributed by atoms with van der Waals surface area (Å²) in [7, 11) is 0. The van der Waals surface area contributed by atoms with Crippen molar-refractivity contribution in [2.45, 2.75) is 38.1 Å². The van der Waals surface area contributed by atoms with E-state index in [1.54, 1.807) is 0 Å². The van der Waals surface area contributed by atoms with Crippen LogP contribution in [0.1, 0.15) is 37.4 Å². The second-order valence-electron chi connectivity index (χ2n) is 5.02. The number of halogens is 1. The van der Waals surface area contributed by atoms with Crippen LogP contribution in [0, 0.1) is 5.92 Å². The van der Waals surface area contributed by atoms with Crippen molar-refractivity contribution in [3.63, 3.8) is 0 Å². The van der Waals surface area contributed by atoms with Crippen LogP contribution in [0.5, 0.6) is 0 Å². The minimum Gasteiger partial charge on any atom is -0.319 e. The third-order valence-corrected chi connectivity index (χ3v) is 3.98. The zero-order chi connectivity index (χ0) is 11.0. The average molecular weight is 240 g/mol. The molecule has 2 aliphatic rings. The van der Waals surface area contributed by atoms with Gasteiger partial charge in [0.1, 0.15) is 11.0 Å². The third-order valence-electron chi connectivity index (χ3n) is 3.68. The Labute approximate surface area is 101 Å². The van der Waals surface area contributed by atoms with Gasteiger partial charge in [0.25, 0.3) is 0 Å². The molecule has 2 fully saturated rings. The van der Waals surface area contributed by atoms with Crippen LogP contribution in [0.15, 0.2) is 6.20 Å². The molecular weight excluding hydrogens is 222 g/mol. The SMILES string of the molecule is Clc1cnc(C2CCNCC2)n1CC1CC1. The van der Waals surface area contributed by atoms with E-state index >= 15 is 0 Å². The highest BCUT2D eigenvalue weighted by molar-refractivity contribution is 6.29. The summed E-state index contributed by atoms with van der Waals surface area (Å²) in [6, 6.07) is 0. The van der Waals surface area contributed by atoms with Crippen molar-refractivity contribution in [2.75, 3.05) is 13.1 Å². The molecule has 0 unspecified atom stereocenters. The Hall–Kier alpha value is -0.540. The predicted octanol–water partition coefficient (Wildman–Crippen LogP) is 2.41. The molecule has 0 amide bonds. The maximum Gasteiger partial charge on any atom is 0.128 e. The van der Waals surface area contributed by atoms with E-state index in [0.29, 0.717) is 5.92 Å². The number of aromatic nitrogens is 2. The van der Waals surface area contributed by atoms with E-state index < -0.39 is 0 Å². The summed E-state index contributed by atoms with van der Waals surface area (Å²) in [6.07, 6.45) is 6.93. The summed E-state index contributed by atoms with van der Waals surface area (Å²) in [5.41, 5.74) is 0. The molecule has 0 bridgehead atoms. The molecule has 0 radical (unpaired) electrons. The van der Waals surface area contributed by atoms with Gasteiger partial charge in [-0.15, -0.1) is 0 Å². The molecule has 0 atom stereocenters. The Morgan fingerprint density at radius 1 is 1.31 bits per heavy atom. The fourth-order valence-corrected chi connectivity index (χ4v) is 2.72. The lowest BCUT2D eigenvalue weighted by atomic mass is 9.97. The number of nitrogens with one attached hydrogen (secondary N) is 1. The molecule has 0 spiro atoms. The minimum atomic E-state index is 0.604. The highest BCUT2D eigenvalue weighted by atomic mass is 35.5. The first-order valence-corrected chi connectivity index (χ1v) is 6.64. The van der Waals surface area contributed by atoms with Crippen molar-refractivity contribution in [3.05, 3.63) is 17.2 Å². The van der Waals surface area contributed by atoms with Gasteiger partial charge in [-0.3, -0.25) is 0 Å². The van der Waals surface area contributed by atoms with Crippen LogP contribution in [-0.4, -0.2) is 22.6 Å². The van der Waals surface area contributed by atoms with Crippen LogP contribution >= 0.6 is 11.6 Å². The predicted molar refractivity (Wildman–Crippen MR) is 64.8 cm³/mol. The molecule has 1 aromatic heterocycles. The number of nitrogens with zero attached hydrogens (tertiary/aromatic N) is 2. The Balaban J connectivity index is 1.80. The maximum atomic E-state index is 6.22. The Bertz CT molecular complexity index is 364. The fraction of sp³-hybridized carbons (Fsp3) is 0.750. The second kappa shape index (κ2) is 4.38. The molecule has 1 aromatic rings. The van der Waals surface area contributed by atoms with Crippen molar-refractivity contribution < 1.29 is 0 Å². The highest BCUT2D eigenvalue weighted by Crippen LogP contribution is 2.34. The van der Waals surface area contributed by atoms with Gasteiger partial charge in [0.05, 0.1) is 6.20 Å². The quantitative estimate of drug-likeness (QED) is 0.878. The van der Waals surface area contributed by atoms with E-state index in [1.165, 1.54) is 31.5 Å². The van der Waals surface area contributed by atoms with Crippen LogP contribution in [0.25, 0.3) is 0 Å². The Kier molecular flexibility index (Phi) is 2.90. The number of imidazole rings is 1. The molecular formula is C12H18ClN3. The van der Waals surface area contributed by atoms with Crippen molar-refractivity contribution in [1.82, 2.24) is 14.9 Å². The molecule has 1 saturated carbocycles. The lowest BCUT2D eigenvalue weighted by Crippen LogP contribution is -2.28. The van der Waals surface area contributed by atoms with Gasteiger partial charge in [-0.05, 0) is 44.7 Å². The number of hydrogen-bond donors (Lipinski definition) is 1. The third kappa shape index (κ3) is 2.11. The maximum absolute atomic E-state index is 6.22. The summed E-state index contributed by atoms with van der Waals surface area (Å²) < 4.78 is 2.25. The Morgan fingerprint density at radius 2 is 2.06 bits per heavy atom. The molecule has 2 heterocycles. The normalized spacial score (nSPS) is 22.6. The van der Waals surface area contributed by atoms with Gasteiger partial charge in [-0.25, -0.2) is 4.98 Å². The first-order chi connectivity index (χ1) is 7.84. The molecule has 3 rings (SSSR count). The van der Waals surface area contributed by atoms with Crippen molar-refractivity contribution in [2.24, 2.45) is 5.92 Å². The lowest BCUT2D eigenvalue weighted by molar-refractivity contribution is 0.426. The number of rotatable bonds is 3. The second-order valence-corrected chi connectivity index (χ2v) is 5.40. The average Bonchev–Trinajstić information content (AvgIpc) is 3.06. The molecule has 1 N–H and O–H groups in total. The first kappa shape index (κ1) is 10.6. The molecule has 1 aliphatic heterocycles. The zero-order valence-corrected chi connectivity index (χ0v) is 10.2. The van der Waals surface area contributed by atoms with Gasteiger partial charge < -0.3 is 9.88 Å². The fourth-order valence-electron chi connectivity index (χ4n) is 2.51. The lowest BCUT2D eigenvalue weighted by Gasteiger charge is -2.23. The topological polar surface area (TPSA) is 29.9 Å². The highest BCUT2D eigenvalue weighted by Gasteiger charge is 2.27. The van der Waals surface area contributed by atoms with E-state index in [1.807, 2.05) is 6.20 Å². The molecule has 16 heavy (non-hydrogen) atoms. The van der Waals surface area contributed by atoms with E-state index in [-0.39, 0.29) is 0 Å². The van der Waals surface area contributed by atoms with Crippen molar-refractivity contribution in [3.8, 4) is 0 Å². The van der Waals surface area contributed by atoms with Gasteiger partial charge in [0.15, 0.2) is 0 Å². The van der Waals surface area contributed by atoms with Gasteiger partial charge in [-0.1, -0.05) is 11.6 Å². The monoisotopic (exact) mass is 239 g/mol. The minimum absolute atomic E-state index is 0.604. The molecule has 1 saturated heterocycles. The van der Waals surface area contributed by atoms with Crippen LogP contribution < -0.4 is 5.32 Å². The van der Waals surface area contributed by atoms with Crippen LogP contribution in [0.2, 0.25) is 5.15 Å². The van der Waals surface area contributed by atoms with Gasteiger partial charge in [0.2, 0.25) is 0 Å². The van der Waals surface area contributed by atoms with Crippen molar-refractivity contribution in [1.29, 1.82) is 0 Å². The summed E-state index contributed by atoms with van der Waals surface area (Å²) >= 11 is 6.22. The number of hydrogen-bond acceptors (Lipinski definition) is 2. The van der Waals surface area contributed by atoms with Crippen molar-refractivity contribution >= 4 is 11.6 Å². The Morgan fingerprint density at radius 3 is 2.75 bits per heavy atom. The van der Waals surface area contributed by atoms with E-state index in [0.717, 1.165) is 30.7 Å². The summed E-state index contributed by atoms with van der Waals surface area (Å²) in [4.78, 5) is 4.52. The standard InChI is InChI=1S/C12H18ClN3/c13-11-7-15-12(10-3-5-14-6-4-10)16(11)8-9-1-2-9/h7,9-10,14H,1-6,8H2. The molecule has 1 aliphatic carbocycles. The molecule has 4 heteroatoms. The first-order valence-electron chi connectivity index (χ1n) is 6.26. The number of piperidine rings is 1. The summed E-state index contributed by atoms with van der Waals surface area (Å²) in [5, 5.41) is 4.21. The largest absolute Gasteiger partial charge is 0.319 e. The van der Waals surface area contributed by atoms with Crippen LogP contribution in [-0.2, 0) is 6.54 Å². The molecule has 88 valence electrons. The van der Waals surface area contributed by atoms with E-state index in [9.17, 15) is 0 Å². The van der Waals surface area contributed by atoms with Gasteiger partial charge in [0, 0.05) is 12.5 Å². The molecule has 3 nitrogen and oxygen atoms in total. The van der Waals surface area contributed by atoms with Gasteiger partial charge >= 0.3 is 0 Å². The van der Waals surface area contributed by atoms with Crippen LogP contribution in [0.4, 0.5) is 0 Å². The van der Waals surface area contributed by atoms with E-state index in [4.69, 9.17) is 11.6 Å². The molecule has 0 aromatic carbocycles. The van der Waals surface area contributed by atoms with Crippen LogP contribution in [0.3, 0.4) is 0 Å². The summed E-state index contributed by atoms with van der Waals surface area (Å²) in [5.74, 6) is 2.68. The summed E-state index contributed by atoms with van der Waals surface area (Å²) in [6.45, 7) is 3.30. The zero-order valence-electron chi connectivity index (χ0n) is 9.45.